The van der Waals surface area contributed by atoms with Crippen LogP contribution in [0, 0.1) is 13.8 Å². The molecule has 0 saturated carbocycles. The number of anilines is 2. The highest BCUT2D eigenvalue weighted by Gasteiger charge is 2.13. The van der Waals surface area contributed by atoms with Crippen molar-refractivity contribution in [3.05, 3.63) is 59.2 Å². The van der Waals surface area contributed by atoms with Crippen molar-refractivity contribution < 1.29 is 14.3 Å². The second-order valence-corrected chi connectivity index (χ2v) is 7.10. The van der Waals surface area contributed by atoms with E-state index in [1.165, 1.54) is 24.9 Å². The number of hydrogen-bond acceptors (Lipinski definition) is 4. The number of amides is 1. The van der Waals surface area contributed by atoms with Gasteiger partial charge in [0.25, 0.3) is 5.91 Å². The van der Waals surface area contributed by atoms with Crippen molar-refractivity contribution in [3.8, 4) is 0 Å². The average molecular weight is 366 g/mol. The van der Waals surface area contributed by atoms with Gasteiger partial charge in [-0.05, 0) is 69.5 Å². The first-order valence-electron chi connectivity index (χ1n) is 9.41. The van der Waals surface area contributed by atoms with Gasteiger partial charge < -0.3 is 15.0 Å². The second kappa shape index (κ2) is 8.71. The first-order valence-corrected chi connectivity index (χ1v) is 9.41. The van der Waals surface area contributed by atoms with Crippen molar-refractivity contribution in [2.24, 2.45) is 0 Å². The van der Waals surface area contributed by atoms with Crippen molar-refractivity contribution >= 4 is 23.3 Å². The topological polar surface area (TPSA) is 58.6 Å². The van der Waals surface area contributed by atoms with Gasteiger partial charge in [0.05, 0.1) is 5.56 Å². The number of piperidine rings is 1. The van der Waals surface area contributed by atoms with Gasteiger partial charge >= 0.3 is 5.97 Å². The van der Waals surface area contributed by atoms with Crippen molar-refractivity contribution in [2.45, 2.75) is 33.1 Å². The third-order valence-electron chi connectivity index (χ3n) is 4.66. The molecule has 1 aliphatic rings. The quantitative estimate of drug-likeness (QED) is 0.810. The minimum absolute atomic E-state index is 0.306. The van der Waals surface area contributed by atoms with Crippen LogP contribution in [0.2, 0.25) is 0 Å². The summed E-state index contributed by atoms with van der Waals surface area (Å²) in [5.41, 5.74) is 4.31. The van der Waals surface area contributed by atoms with Gasteiger partial charge in [0, 0.05) is 24.5 Å². The van der Waals surface area contributed by atoms with E-state index in [9.17, 15) is 9.59 Å². The molecule has 0 atom stereocenters. The van der Waals surface area contributed by atoms with Crippen molar-refractivity contribution in [1.29, 1.82) is 0 Å². The average Bonchev–Trinajstić information content (AvgIpc) is 2.66. The molecule has 1 amide bonds. The number of ether oxygens (including phenoxy) is 1. The van der Waals surface area contributed by atoms with Crippen LogP contribution >= 0.6 is 0 Å². The summed E-state index contributed by atoms with van der Waals surface area (Å²) in [5, 5.41) is 2.77. The molecule has 1 aliphatic heterocycles. The molecule has 0 unspecified atom stereocenters. The summed E-state index contributed by atoms with van der Waals surface area (Å²) >= 11 is 0. The second-order valence-electron chi connectivity index (χ2n) is 7.10. The SMILES string of the molecule is Cc1cc(C)cc(C(=O)OCC(=O)Nc2ccc(N3CCCCC3)cc2)c1. The summed E-state index contributed by atoms with van der Waals surface area (Å²) in [6.45, 7) is 5.70. The van der Waals surface area contributed by atoms with Crippen LogP contribution in [0.1, 0.15) is 40.7 Å². The van der Waals surface area contributed by atoms with E-state index >= 15 is 0 Å². The van der Waals surface area contributed by atoms with Crippen LogP contribution in [0.25, 0.3) is 0 Å². The Hall–Kier alpha value is -2.82. The van der Waals surface area contributed by atoms with Crippen molar-refractivity contribution in [3.63, 3.8) is 0 Å². The van der Waals surface area contributed by atoms with E-state index in [0.29, 0.717) is 11.3 Å². The predicted molar refractivity (Wildman–Crippen MR) is 107 cm³/mol. The van der Waals surface area contributed by atoms with E-state index in [4.69, 9.17) is 4.74 Å². The molecule has 142 valence electrons. The Labute approximate surface area is 160 Å². The lowest BCUT2D eigenvalue weighted by Crippen LogP contribution is -2.29. The number of rotatable bonds is 5. The fourth-order valence-corrected chi connectivity index (χ4v) is 3.41. The minimum Gasteiger partial charge on any atom is -0.452 e. The van der Waals surface area contributed by atoms with Gasteiger partial charge in [-0.3, -0.25) is 4.79 Å². The molecule has 0 spiro atoms. The van der Waals surface area contributed by atoms with Crippen molar-refractivity contribution in [2.75, 3.05) is 29.9 Å². The maximum Gasteiger partial charge on any atom is 0.338 e. The van der Waals surface area contributed by atoms with Gasteiger partial charge in [-0.15, -0.1) is 0 Å². The third kappa shape index (κ3) is 5.33. The smallest absolute Gasteiger partial charge is 0.338 e. The summed E-state index contributed by atoms with van der Waals surface area (Å²) < 4.78 is 5.13. The van der Waals surface area contributed by atoms with E-state index in [2.05, 4.69) is 10.2 Å². The monoisotopic (exact) mass is 366 g/mol. The molecule has 1 N–H and O–H groups in total. The Morgan fingerprint density at radius 1 is 0.963 bits per heavy atom. The lowest BCUT2D eigenvalue weighted by atomic mass is 10.1. The number of nitrogens with one attached hydrogen (secondary N) is 1. The third-order valence-corrected chi connectivity index (χ3v) is 4.66. The molecular weight excluding hydrogens is 340 g/mol. The minimum atomic E-state index is -0.489. The number of nitrogens with zero attached hydrogens (tertiary/aromatic N) is 1. The molecule has 2 aromatic rings. The van der Waals surface area contributed by atoms with Gasteiger partial charge in [-0.2, -0.15) is 0 Å². The van der Waals surface area contributed by atoms with Crippen LogP contribution in [0.15, 0.2) is 42.5 Å². The molecule has 0 bridgehead atoms. The molecular formula is C22H26N2O3. The van der Waals surface area contributed by atoms with Crippen LogP contribution in [-0.4, -0.2) is 31.6 Å². The Morgan fingerprint density at radius 2 is 1.59 bits per heavy atom. The number of aryl methyl sites for hydroxylation is 2. The Morgan fingerprint density at radius 3 is 2.22 bits per heavy atom. The largest absolute Gasteiger partial charge is 0.452 e. The summed E-state index contributed by atoms with van der Waals surface area (Å²) in [6.07, 6.45) is 3.75. The highest BCUT2D eigenvalue weighted by molar-refractivity contribution is 5.95. The Bertz CT molecular complexity index is 789. The molecule has 2 aromatic carbocycles. The van der Waals surface area contributed by atoms with Crippen molar-refractivity contribution in [1.82, 2.24) is 0 Å². The van der Waals surface area contributed by atoms with Gasteiger partial charge in [0.15, 0.2) is 6.61 Å². The number of carbonyl (C=O) groups is 2. The van der Waals surface area contributed by atoms with Gasteiger partial charge in [-0.1, -0.05) is 17.2 Å². The van der Waals surface area contributed by atoms with Gasteiger partial charge in [-0.25, -0.2) is 4.79 Å². The molecule has 0 aromatic heterocycles. The maximum absolute atomic E-state index is 12.1. The maximum atomic E-state index is 12.1. The molecule has 3 rings (SSSR count). The molecule has 0 radical (unpaired) electrons. The number of esters is 1. The lowest BCUT2D eigenvalue weighted by molar-refractivity contribution is -0.119. The first-order chi connectivity index (χ1) is 13.0. The number of benzene rings is 2. The standard InChI is InChI=1S/C22H26N2O3/c1-16-12-17(2)14-18(13-16)22(26)27-15-21(25)23-19-6-8-20(9-7-19)24-10-4-3-5-11-24/h6-9,12-14H,3-5,10-11,15H2,1-2H3,(H,23,25). The molecule has 1 fully saturated rings. The summed E-state index contributed by atoms with van der Waals surface area (Å²) in [4.78, 5) is 26.5. The molecule has 5 nitrogen and oxygen atoms in total. The molecule has 1 saturated heterocycles. The van der Waals surface area contributed by atoms with Crippen LogP contribution < -0.4 is 10.2 Å². The zero-order valence-corrected chi connectivity index (χ0v) is 16.0. The van der Waals surface area contributed by atoms with E-state index < -0.39 is 5.97 Å². The summed E-state index contributed by atoms with van der Waals surface area (Å²) in [7, 11) is 0. The molecule has 27 heavy (non-hydrogen) atoms. The zero-order chi connectivity index (χ0) is 19.2. The highest BCUT2D eigenvalue weighted by atomic mass is 16.5. The van der Waals surface area contributed by atoms with Crippen LogP contribution in [0.3, 0.4) is 0 Å². The van der Waals surface area contributed by atoms with E-state index in [-0.39, 0.29) is 12.5 Å². The number of carbonyl (C=O) groups excluding carboxylic acids is 2. The van der Waals surface area contributed by atoms with Gasteiger partial charge in [0.2, 0.25) is 0 Å². The molecule has 1 heterocycles. The molecule has 0 aliphatic carbocycles. The Balaban J connectivity index is 1.50. The fraction of sp³-hybridized carbons (Fsp3) is 0.364. The van der Waals surface area contributed by atoms with E-state index in [0.717, 1.165) is 24.2 Å². The molecule has 5 heteroatoms. The fourth-order valence-electron chi connectivity index (χ4n) is 3.41. The van der Waals surface area contributed by atoms with Crippen LogP contribution in [0.5, 0.6) is 0 Å². The van der Waals surface area contributed by atoms with E-state index in [1.54, 1.807) is 12.1 Å². The zero-order valence-electron chi connectivity index (χ0n) is 16.0. The Kier molecular flexibility index (Phi) is 6.12. The van der Waals surface area contributed by atoms with Crippen LogP contribution in [0.4, 0.5) is 11.4 Å². The summed E-state index contributed by atoms with van der Waals surface area (Å²) in [5.74, 6) is -0.837. The summed E-state index contributed by atoms with van der Waals surface area (Å²) in [6, 6.07) is 13.3. The van der Waals surface area contributed by atoms with Crippen LogP contribution in [-0.2, 0) is 9.53 Å². The first kappa shape index (κ1) is 19.0. The normalized spacial score (nSPS) is 13.9. The highest BCUT2D eigenvalue weighted by Crippen LogP contribution is 2.21. The van der Waals surface area contributed by atoms with Gasteiger partial charge in [0.1, 0.15) is 0 Å². The number of hydrogen-bond donors (Lipinski definition) is 1. The predicted octanol–water partition coefficient (Wildman–Crippen LogP) is 4.09. The lowest BCUT2D eigenvalue weighted by Gasteiger charge is -2.28. The van der Waals surface area contributed by atoms with E-state index in [1.807, 2.05) is 44.2 Å².